The summed E-state index contributed by atoms with van der Waals surface area (Å²) < 4.78 is 0. The predicted molar refractivity (Wildman–Crippen MR) is 42.8 cm³/mol. The van der Waals surface area contributed by atoms with Crippen LogP contribution in [0.2, 0.25) is 0 Å². The molecule has 1 fully saturated rings. The van der Waals surface area contributed by atoms with E-state index >= 15 is 0 Å². The van der Waals surface area contributed by atoms with Crippen molar-refractivity contribution in [2.45, 2.75) is 45.6 Å². The third-order valence-corrected chi connectivity index (χ3v) is 2.74. The highest BCUT2D eigenvalue weighted by Crippen LogP contribution is 2.30. The van der Waals surface area contributed by atoms with Gasteiger partial charge in [-0.3, -0.25) is 0 Å². The predicted octanol–water partition coefficient (Wildman–Crippen LogP) is 2.19. The molecule has 1 aliphatic carbocycles. The van der Waals surface area contributed by atoms with E-state index in [9.17, 15) is 5.11 Å². The van der Waals surface area contributed by atoms with Gasteiger partial charge in [0.1, 0.15) is 0 Å². The van der Waals surface area contributed by atoms with Crippen LogP contribution in [0, 0.1) is 11.8 Å². The maximum atomic E-state index is 9.54. The molecule has 0 radical (unpaired) electrons. The molecule has 1 aliphatic rings. The molecular formula is C9H18O. The van der Waals surface area contributed by atoms with Crippen LogP contribution >= 0.6 is 0 Å². The minimum Gasteiger partial charge on any atom is -0.393 e. The van der Waals surface area contributed by atoms with Gasteiger partial charge in [0.15, 0.2) is 0 Å². The Morgan fingerprint density at radius 1 is 1.40 bits per heavy atom. The van der Waals surface area contributed by atoms with Crippen LogP contribution in [-0.2, 0) is 0 Å². The fourth-order valence-electron chi connectivity index (χ4n) is 1.89. The second-order valence-electron chi connectivity index (χ2n) is 3.65. The van der Waals surface area contributed by atoms with Crippen molar-refractivity contribution in [1.29, 1.82) is 0 Å². The van der Waals surface area contributed by atoms with Gasteiger partial charge in [0.25, 0.3) is 0 Å². The van der Waals surface area contributed by atoms with Gasteiger partial charge in [0.2, 0.25) is 0 Å². The van der Waals surface area contributed by atoms with E-state index in [1.54, 1.807) is 0 Å². The summed E-state index contributed by atoms with van der Waals surface area (Å²) >= 11 is 0. The van der Waals surface area contributed by atoms with Crippen molar-refractivity contribution < 1.29 is 5.11 Å². The molecule has 1 nitrogen and oxygen atoms in total. The van der Waals surface area contributed by atoms with Crippen molar-refractivity contribution in [3.63, 3.8) is 0 Å². The zero-order valence-corrected chi connectivity index (χ0v) is 7.01. The number of rotatable bonds is 1. The minimum absolute atomic E-state index is 0.00579. The molecule has 0 unspecified atom stereocenters. The van der Waals surface area contributed by atoms with Crippen LogP contribution in [-0.4, -0.2) is 11.2 Å². The first-order valence-electron chi connectivity index (χ1n) is 4.42. The lowest BCUT2D eigenvalue weighted by Gasteiger charge is -2.30. The molecule has 1 rings (SSSR count). The molecule has 0 saturated heterocycles. The Labute approximate surface area is 63.4 Å². The van der Waals surface area contributed by atoms with Gasteiger partial charge in [0, 0.05) is 0 Å². The lowest BCUT2D eigenvalue weighted by molar-refractivity contribution is 0.0472. The number of aliphatic hydroxyl groups excluding tert-OH is 1. The SMILES string of the molecule is CC[C@H]1CC[C@H](C)C[C@@H]1O. The lowest BCUT2D eigenvalue weighted by atomic mass is 9.79. The van der Waals surface area contributed by atoms with E-state index in [-0.39, 0.29) is 6.10 Å². The Bertz CT molecular complexity index is 101. The normalized spacial score (nSPS) is 41.7. The van der Waals surface area contributed by atoms with Gasteiger partial charge in [-0.25, -0.2) is 0 Å². The molecule has 0 aliphatic heterocycles. The first-order chi connectivity index (χ1) is 4.74. The van der Waals surface area contributed by atoms with Crippen LogP contribution in [0.4, 0.5) is 0 Å². The summed E-state index contributed by atoms with van der Waals surface area (Å²) in [6, 6.07) is 0. The Kier molecular flexibility index (Phi) is 2.72. The number of hydrogen-bond donors (Lipinski definition) is 1. The van der Waals surface area contributed by atoms with Gasteiger partial charge in [-0.15, -0.1) is 0 Å². The van der Waals surface area contributed by atoms with E-state index in [1.165, 1.54) is 12.8 Å². The molecule has 60 valence electrons. The van der Waals surface area contributed by atoms with Crippen molar-refractivity contribution in [2.24, 2.45) is 11.8 Å². The van der Waals surface area contributed by atoms with Crippen LogP contribution in [0.5, 0.6) is 0 Å². The zero-order valence-electron chi connectivity index (χ0n) is 7.01. The van der Waals surface area contributed by atoms with Gasteiger partial charge in [-0.2, -0.15) is 0 Å². The number of hydrogen-bond acceptors (Lipinski definition) is 1. The van der Waals surface area contributed by atoms with Gasteiger partial charge >= 0.3 is 0 Å². The fourth-order valence-corrected chi connectivity index (χ4v) is 1.89. The van der Waals surface area contributed by atoms with Crippen LogP contribution < -0.4 is 0 Å². The highest BCUT2D eigenvalue weighted by molar-refractivity contribution is 4.76. The Morgan fingerprint density at radius 3 is 2.60 bits per heavy atom. The molecule has 0 aromatic rings. The summed E-state index contributed by atoms with van der Waals surface area (Å²) in [5.41, 5.74) is 0. The van der Waals surface area contributed by atoms with Gasteiger partial charge < -0.3 is 5.11 Å². The second kappa shape index (κ2) is 3.38. The van der Waals surface area contributed by atoms with Crippen LogP contribution in [0.15, 0.2) is 0 Å². The van der Waals surface area contributed by atoms with E-state index in [2.05, 4.69) is 13.8 Å². The molecule has 0 aromatic carbocycles. The topological polar surface area (TPSA) is 20.2 Å². The number of aliphatic hydroxyl groups is 1. The molecule has 10 heavy (non-hydrogen) atoms. The lowest BCUT2D eigenvalue weighted by Crippen LogP contribution is -2.27. The average Bonchev–Trinajstić information content (AvgIpc) is 1.88. The molecule has 3 atom stereocenters. The summed E-state index contributed by atoms with van der Waals surface area (Å²) in [7, 11) is 0. The van der Waals surface area contributed by atoms with Gasteiger partial charge in [-0.1, -0.05) is 26.7 Å². The summed E-state index contributed by atoms with van der Waals surface area (Å²) in [5.74, 6) is 1.34. The van der Waals surface area contributed by atoms with Crippen LogP contribution in [0.25, 0.3) is 0 Å². The Morgan fingerprint density at radius 2 is 2.10 bits per heavy atom. The van der Waals surface area contributed by atoms with E-state index in [1.807, 2.05) is 0 Å². The summed E-state index contributed by atoms with van der Waals surface area (Å²) in [4.78, 5) is 0. The molecule has 0 spiro atoms. The molecule has 0 heterocycles. The molecular weight excluding hydrogens is 124 g/mol. The smallest absolute Gasteiger partial charge is 0.0570 e. The highest BCUT2D eigenvalue weighted by Gasteiger charge is 2.24. The summed E-state index contributed by atoms with van der Waals surface area (Å²) in [6.45, 7) is 4.40. The minimum atomic E-state index is -0.00579. The maximum absolute atomic E-state index is 9.54. The van der Waals surface area contributed by atoms with Crippen LogP contribution in [0.1, 0.15) is 39.5 Å². The summed E-state index contributed by atoms with van der Waals surface area (Å²) in [5, 5.41) is 9.54. The van der Waals surface area contributed by atoms with Gasteiger partial charge in [0.05, 0.1) is 6.10 Å². The fraction of sp³-hybridized carbons (Fsp3) is 1.00. The third-order valence-electron chi connectivity index (χ3n) is 2.74. The quantitative estimate of drug-likeness (QED) is 0.595. The molecule has 1 saturated carbocycles. The van der Waals surface area contributed by atoms with E-state index in [4.69, 9.17) is 0 Å². The standard InChI is InChI=1S/C9H18O/c1-3-8-5-4-7(2)6-9(8)10/h7-10H,3-6H2,1-2H3/t7-,8-,9-/m0/s1. The highest BCUT2D eigenvalue weighted by atomic mass is 16.3. The van der Waals surface area contributed by atoms with Crippen molar-refractivity contribution in [3.8, 4) is 0 Å². The van der Waals surface area contributed by atoms with Crippen molar-refractivity contribution in [3.05, 3.63) is 0 Å². The largest absolute Gasteiger partial charge is 0.393 e. The van der Waals surface area contributed by atoms with E-state index in [0.29, 0.717) is 5.92 Å². The molecule has 0 bridgehead atoms. The molecule has 1 N–H and O–H groups in total. The average molecular weight is 142 g/mol. The molecule has 0 amide bonds. The molecule has 1 heteroatoms. The van der Waals surface area contributed by atoms with Crippen molar-refractivity contribution >= 4 is 0 Å². The third kappa shape index (κ3) is 1.72. The zero-order chi connectivity index (χ0) is 7.56. The summed E-state index contributed by atoms with van der Waals surface area (Å²) in [6.07, 6.45) is 4.72. The second-order valence-corrected chi connectivity index (χ2v) is 3.65. The van der Waals surface area contributed by atoms with Crippen molar-refractivity contribution in [2.75, 3.05) is 0 Å². The molecule has 0 aromatic heterocycles. The first-order valence-corrected chi connectivity index (χ1v) is 4.42. The Hall–Kier alpha value is -0.0400. The Balaban J connectivity index is 2.36. The van der Waals surface area contributed by atoms with Crippen LogP contribution in [0.3, 0.4) is 0 Å². The van der Waals surface area contributed by atoms with Crippen molar-refractivity contribution in [1.82, 2.24) is 0 Å². The first kappa shape index (κ1) is 8.06. The monoisotopic (exact) mass is 142 g/mol. The maximum Gasteiger partial charge on any atom is 0.0570 e. The van der Waals surface area contributed by atoms with Gasteiger partial charge in [-0.05, 0) is 24.7 Å². The van der Waals surface area contributed by atoms with E-state index in [0.717, 1.165) is 18.8 Å². The van der Waals surface area contributed by atoms with E-state index < -0.39 is 0 Å².